The average Bonchev–Trinajstić information content (AvgIpc) is 2.86. The monoisotopic (exact) mass is 494 g/mol. The van der Waals surface area contributed by atoms with Gasteiger partial charge in [-0.15, -0.1) is 0 Å². The number of ether oxygens (including phenoxy) is 1. The number of carboxylic acids is 1. The van der Waals surface area contributed by atoms with E-state index >= 15 is 0 Å². The Bertz CT molecular complexity index is 999. The fourth-order valence-electron chi connectivity index (χ4n) is 6.00. The normalized spacial score (nSPS) is 15.6. The molecule has 0 radical (unpaired) electrons. The maximum atomic E-state index is 10.9. The van der Waals surface area contributed by atoms with Gasteiger partial charge in [0.05, 0.1) is 12.2 Å². The van der Waals surface area contributed by atoms with Crippen molar-refractivity contribution in [3.05, 3.63) is 64.2 Å². The molecule has 1 aliphatic carbocycles. The summed E-state index contributed by atoms with van der Waals surface area (Å²) < 4.78 is 5.97. The molecule has 0 aliphatic heterocycles. The summed E-state index contributed by atoms with van der Waals surface area (Å²) in [6.07, 6.45) is 10.8. The largest absolute Gasteiger partial charge is 0.493 e. The number of carboxylic acid groups (broad SMARTS) is 1. The first-order valence-corrected chi connectivity index (χ1v) is 14.0. The molecule has 2 aromatic carbocycles. The van der Waals surface area contributed by atoms with Crippen molar-refractivity contribution in [3.63, 3.8) is 0 Å². The molecule has 0 unspecified atom stereocenters. The van der Waals surface area contributed by atoms with Crippen LogP contribution in [0.1, 0.15) is 112 Å². The summed E-state index contributed by atoms with van der Waals surface area (Å²) in [6, 6.07) is 13.5. The van der Waals surface area contributed by atoms with Crippen LogP contribution in [0.5, 0.6) is 5.75 Å². The van der Waals surface area contributed by atoms with Crippen LogP contribution in [0.2, 0.25) is 0 Å². The number of aryl methyl sites for hydroxylation is 3. The molecule has 0 spiro atoms. The van der Waals surface area contributed by atoms with Gasteiger partial charge in [-0.3, -0.25) is 4.79 Å². The fourth-order valence-corrected chi connectivity index (χ4v) is 6.00. The number of aliphatic carboxylic acids is 1. The molecular formula is C32H46O4. The molecule has 0 atom stereocenters. The van der Waals surface area contributed by atoms with Gasteiger partial charge in [0.2, 0.25) is 0 Å². The minimum absolute atomic E-state index is 0.0599. The molecule has 1 aliphatic rings. The molecule has 0 bridgehead atoms. The van der Waals surface area contributed by atoms with E-state index in [4.69, 9.17) is 9.84 Å². The van der Waals surface area contributed by atoms with Gasteiger partial charge in [-0.2, -0.15) is 0 Å². The summed E-state index contributed by atoms with van der Waals surface area (Å²) in [5.74, 6) is 0.123. The van der Waals surface area contributed by atoms with Gasteiger partial charge >= 0.3 is 5.97 Å². The molecule has 198 valence electrons. The summed E-state index contributed by atoms with van der Waals surface area (Å²) in [5.41, 5.74) is 5.91. The first kappa shape index (κ1) is 28.2. The zero-order valence-electron chi connectivity index (χ0n) is 22.9. The second-order valence-electron chi connectivity index (χ2n) is 10.9. The van der Waals surface area contributed by atoms with Crippen molar-refractivity contribution < 1.29 is 19.7 Å². The molecule has 4 nitrogen and oxygen atoms in total. The van der Waals surface area contributed by atoms with Crippen LogP contribution < -0.4 is 4.74 Å². The molecule has 0 heterocycles. The van der Waals surface area contributed by atoms with Gasteiger partial charge in [0, 0.05) is 11.8 Å². The molecule has 2 aromatic rings. The highest BCUT2D eigenvalue weighted by Crippen LogP contribution is 2.41. The van der Waals surface area contributed by atoms with Crippen molar-refractivity contribution >= 4 is 5.97 Å². The lowest BCUT2D eigenvalue weighted by Gasteiger charge is -2.35. The highest BCUT2D eigenvalue weighted by Gasteiger charge is 2.32. The molecule has 1 saturated carbocycles. The minimum Gasteiger partial charge on any atom is -0.493 e. The van der Waals surface area contributed by atoms with Gasteiger partial charge in [-0.25, -0.2) is 0 Å². The molecule has 0 saturated heterocycles. The van der Waals surface area contributed by atoms with E-state index in [2.05, 4.69) is 64.1 Å². The molecule has 3 rings (SSSR count). The number of aliphatic hydroxyl groups is 1. The lowest BCUT2D eigenvalue weighted by molar-refractivity contribution is -0.137. The summed E-state index contributed by atoms with van der Waals surface area (Å²) in [7, 11) is 0. The van der Waals surface area contributed by atoms with Gasteiger partial charge in [0.1, 0.15) is 5.75 Å². The number of benzene rings is 2. The Morgan fingerprint density at radius 3 is 2.17 bits per heavy atom. The standard InChI is InChI=1S/C32H46O4/c1-5-32(6-2,28-15-16-29(25(4)23-28)36-21-11-8-12-30(33)34)27-14-13-26(24(3)22-27)17-20-31(35)18-9-7-10-19-31/h13-16,22-23,35H,5-12,17-21H2,1-4H3,(H,33,34). The van der Waals surface area contributed by atoms with Crippen LogP contribution in [0.15, 0.2) is 36.4 Å². The van der Waals surface area contributed by atoms with Crippen LogP contribution >= 0.6 is 0 Å². The number of hydrogen-bond acceptors (Lipinski definition) is 3. The quantitative estimate of drug-likeness (QED) is 0.280. The Morgan fingerprint density at radius 2 is 1.58 bits per heavy atom. The Morgan fingerprint density at radius 1 is 0.944 bits per heavy atom. The van der Waals surface area contributed by atoms with Crippen LogP contribution in [0, 0.1) is 13.8 Å². The van der Waals surface area contributed by atoms with E-state index in [1.165, 1.54) is 28.7 Å². The van der Waals surface area contributed by atoms with Crippen molar-refractivity contribution in [2.24, 2.45) is 0 Å². The fraction of sp³-hybridized carbons (Fsp3) is 0.594. The van der Waals surface area contributed by atoms with E-state index in [1.54, 1.807) is 0 Å². The Balaban J connectivity index is 1.74. The third-order valence-electron chi connectivity index (χ3n) is 8.52. The first-order valence-electron chi connectivity index (χ1n) is 14.0. The molecule has 36 heavy (non-hydrogen) atoms. The highest BCUT2D eigenvalue weighted by molar-refractivity contribution is 5.66. The molecule has 2 N–H and O–H groups in total. The van der Waals surface area contributed by atoms with Crippen molar-refractivity contribution in [1.82, 2.24) is 0 Å². The summed E-state index contributed by atoms with van der Waals surface area (Å²) in [6.45, 7) is 9.39. The van der Waals surface area contributed by atoms with Crippen molar-refractivity contribution in [2.45, 2.75) is 116 Å². The minimum atomic E-state index is -0.754. The van der Waals surface area contributed by atoms with E-state index in [-0.39, 0.29) is 11.8 Å². The third-order valence-corrected chi connectivity index (χ3v) is 8.52. The van der Waals surface area contributed by atoms with E-state index < -0.39 is 11.6 Å². The van der Waals surface area contributed by atoms with Gasteiger partial charge in [0.15, 0.2) is 0 Å². The van der Waals surface area contributed by atoms with Crippen molar-refractivity contribution in [1.29, 1.82) is 0 Å². The molecule has 0 amide bonds. The molecule has 0 aromatic heterocycles. The number of rotatable bonds is 13. The Labute approximate surface area is 218 Å². The number of carbonyl (C=O) groups is 1. The Hall–Kier alpha value is -2.33. The summed E-state index contributed by atoms with van der Waals surface area (Å²) in [4.78, 5) is 10.7. The topological polar surface area (TPSA) is 66.8 Å². The summed E-state index contributed by atoms with van der Waals surface area (Å²) in [5, 5.41) is 19.7. The lowest BCUT2D eigenvalue weighted by Crippen LogP contribution is -2.31. The molecular weight excluding hydrogens is 448 g/mol. The first-order chi connectivity index (χ1) is 17.2. The third kappa shape index (κ3) is 6.91. The SMILES string of the molecule is CCC(CC)(c1ccc(CCC2(O)CCCCC2)c(C)c1)c1ccc(OCCCCC(=O)O)c(C)c1. The lowest BCUT2D eigenvalue weighted by atomic mass is 9.69. The van der Waals surface area contributed by atoms with Crippen LogP contribution in [-0.4, -0.2) is 28.4 Å². The van der Waals surface area contributed by atoms with E-state index in [0.717, 1.165) is 69.1 Å². The van der Waals surface area contributed by atoms with Crippen molar-refractivity contribution in [3.8, 4) is 5.75 Å². The predicted molar refractivity (Wildman–Crippen MR) is 147 cm³/mol. The van der Waals surface area contributed by atoms with Gasteiger partial charge in [0.25, 0.3) is 0 Å². The van der Waals surface area contributed by atoms with Crippen LogP contribution in [0.4, 0.5) is 0 Å². The predicted octanol–water partition coefficient (Wildman–Crippen LogP) is 7.67. The second-order valence-corrected chi connectivity index (χ2v) is 10.9. The molecule has 4 heteroatoms. The Kier molecular flexibility index (Phi) is 10.0. The average molecular weight is 495 g/mol. The van der Waals surface area contributed by atoms with Gasteiger partial charge in [-0.1, -0.05) is 63.4 Å². The van der Waals surface area contributed by atoms with Crippen LogP contribution in [0.25, 0.3) is 0 Å². The zero-order valence-corrected chi connectivity index (χ0v) is 22.9. The molecule has 1 fully saturated rings. The van der Waals surface area contributed by atoms with Gasteiger partial charge in [-0.05, 0) is 99.1 Å². The summed E-state index contributed by atoms with van der Waals surface area (Å²) >= 11 is 0. The maximum Gasteiger partial charge on any atom is 0.303 e. The van der Waals surface area contributed by atoms with E-state index in [1.807, 2.05) is 0 Å². The smallest absolute Gasteiger partial charge is 0.303 e. The number of hydrogen-bond donors (Lipinski definition) is 2. The van der Waals surface area contributed by atoms with Crippen molar-refractivity contribution in [2.75, 3.05) is 6.61 Å². The van der Waals surface area contributed by atoms with E-state index in [9.17, 15) is 9.90 Å². The van der Waals surface area contributed by atoms with E-state index in [0.29, 0.717) is 13.0 Å². The maximum absolute atomic E-state index is 10.9. The second kappa shape index (κ2) is 12.8. The highest BCUT2D eigenvalue weighted by atomic mass is 16.5. The number of unbranched alkanes of at least 4 members (excludes halogenated alkanes) is 1. The van der Waals surface area contributed by atoms with Gasteiger partial charge < -0.3 is 14.9 Å². The van der Waals surface area contributed by atoms with Crippen LogP contribution in [0.3, 0.4) is 0 Å². The van der Waals surface area contributed by atoms with Crippen LogP contribution in [-0.2, 0) is 16.6 Å². The zero-order chi connectivity index (χ0) is 26.2.